The van der Waals surface area contributed by atoms with Gasteiger partial charge < -0.3 is 4.57 Å². The maximum atomic E-state index is 14.4. The summed E-state index contributed by atoms with van der Waals surface area (Å²) >= 11 is 1.52. The van der Waals surface area contributed by atoms with E-state index < -0.39 is 11.6 Å². The third kappa shape index (κ3) is 5.31. The van der Waals surface area contributed by atoms with Crippen LogP contribution in [0, 0.1) is 11.6 Å². The summed E-state index contributed by atoms with van der Waals surface area (Å²) in [5.41, 5.74) is 0.832. The molecular formula is C23H30F2N2OS. The predicted octanol–water partition coefficient (Wildman–Crippen LogP) is 6.19. The van der Waals surface area contributed by atoms with E-state index in [-0.39, 0.29) is 5.56 Å². The van der Waals surface area contributed by atoms with Crippen molar-refractivity contribution in [3.8, 4) is 11.1 Å². The van der Waals surface area contributed by atoms with Crippen molar-refractivity contribution >= 4 is 21.4 Å². The Balaban J connectivity index is 0.00000145. The summed E-state index contributed by atoms with van der Waals surface area (Å²) in [6, 6.07) is 5.48. The smallest absolute Gasteiger partial charge is 0.259 e. The lowest BCUT2D eigenvalue weighted by Gasteiger charge is -2.19. The molecule has 3 rings (SSSR count). The van der Waals surface area contributed by atoms with E-state index in [1.165, 1.54) is 28.0 Å². The van der Waals surface area contributed by atoms with Crippen molar-refractivity contribution in [2.24, 2.45) is 7.05 Å². The molecule has 0 saturated heterocycles. The Hall–Kier alpha value is -2.05. The maximum Gasteiger partial charge on any atom is 0.259 e. The van der Waals surface area contributed by atoms with Crippen LogP contribution in [-0.2, 0) is 13.6 Å². The Morgan fingerprint density at radius 2 is 1.69 bits per heavy atom. The van der Waals surface area contributed by atoms with Crippen LogP contribution in [0.3, 0.4) is 0 Å². The van der Waals surface area contributed by atoms with Crippen molar-refractivity contribution in [2.75, 3.05) is 13.1 Å². The average molecular weight is 421 g/mol. The van der Waals surface area contributed by atoms with E-state index in [4.69, 9.17) is 0 Å². The van der Waals surface area contributed by atoms with Crippen LogP contribution in [0.15, 0.2) is 35.3 Å². The molecule has 0 aliphatic heterocycles. The largest absolute Gasteiger partial charge is 0.317 e. The number of benzene rings is 1. The van der Waals surface area contributed by atoms with Crippen molar-refractivity contribution in [3.05, 3.63) is 57.3 Å². The molecule has 0 amide bonds. The zero-order valence-corrected chi connectivity index (χ0v) is 18.7. The van der Waals surface area contributed by atoms with E-state index in [9.17, 15) is 13.6 Å². The minimum Gasteiger partial charge on any atom is -0.317 e. The van der Waals surface area contributed by atoms with Gasteiger partial charge in [-0.3, -0.25) is 9.69 Å². The number of nitrogens with zero attached hydrogens (tertiary/aromatic N) is 2. The molecule has 1 aromatic carbocycles. The quantitative estimate of drug-likeness (QED) is 0.455. The lowest BCUT2D eigenvalue weighted by Crippen LogP contribution is -2.24. The maximum absolute atomic E-state index is 14.4. The van der Waals surface area contributed by atoms with Gasteiger partial charge in [0.15, 0.2) is 0 Å². The van der Waals surface area contributed by atoms with Gasteiger partial charge in [-0.25, -0.2) is 8.78 Å². The summed E-state index contributed by atoms with van der Waals surface area (Å²) in [5, 5.41) is 0.590. The Kier molecular flexibility index (Phi) is 8.53. The summed E-state index contributed by atoms with van der Waals surface area (Å²) in [6.45, 7) is 11.1. The molecule has 158 valence electrons. The zero-order chi connectivity index (χ0) is 21.6. The van der Waals surface area contributed by atoms with Crippen LogP contribution >= 0.6 is 11.3 Å². The van der Waals surface area contributed by atoms with E-state index >= 15 is 0 Å². The molecule has 6 heteroatoms. The minimum atomic E-state index is -0.622. The average Bonchev–Trinajstić information content (AvgIpc) is 3.11. The van der Waals surface area contributed by atoms with Crippen LogP contribution in [0.25, 0.3) is 21.2 Å². The predicted molar refractivity (Wildman–Crippen MR) is 120 cm³/mol. The fraction of sp³-hybridized carbons (Fsp3) is 0.435. The Morgan fingerprint density at radius 1 is 1.03 bits per heavy atom. The van der Waals surface area contributed by atoms with Crippen molar-refractivity contribution in [3.63, 3.8) is 0 Å². The number of hydrogen-bond donors (Lipinski definition) is 0. The molecule has 0 aliphatic rings. The molecule has 3 aromatic rings. The van der Waals surface area contributed by atoms with Crippen LogP contribution in [0.5, 0.6) is 0 Å². The monoisotopic (exact) mass is 420 g/mol. The van der Waals surface area contributed by atoms with Gasteiger partial charge in [-0.1, -0.05) is 27.7 Å². The normalized spacial score (nSPS) is 11.0. The molecule has 0 spiro atoms. The summed E-state index contributed by atoms with van der Waals surface area (Å²) in [4.78, 5) is 16.1. The first-order valence-corrected chi connectivity index (χ1v) is 11.1. The van der Waals surface area contributed by atoms with Crippen LogP contribution in [0.1, 0.15) is 45.4 Å². The van der Waals surface area contributed by atoms with Gasteiger partial charge in [0.05, 0.1) is 5.39 Å². The second kappa shape index (κ2) is 10.6. The standard InChI is InChI=1S/C21H24F2N2OS.C2H6/c1-4-8-25(9-5-2)12-15-11-17-20(27-15)18(13-24(3)21(17)26)16-7-6-14(22)10-19(16)23;1-2/h6-7,10-11,13H,4-5,8-9,12H2,1-3H3;1-2H3. The molecule has 3 nitrogen and oxygen atoms in total. The Morgan fingerprint density at radius 3 is 2.28 bits per heavy atom. The minimum absolute atomic E-state index is 0.101. The van der Waals surface area contributed by atoms with E-state index in [1.807, 2.05) is 19.9 Å². The van der Waals surface area contributed by atoms with Crippen molar-refractivity contribution in [2.45, 2.75) is 47.1 Å². The second-order valence-corrected chi connectivity index (χ2v) is 7.95. The Bertz CT molecular complexity index is 1000. The number of hydrogen-bond acceptors (Lipinski definition) is 3. The number of fused-ring (bicyclic) bond motifs is 1. The molecule has 0 bridgehead atoms. The number of thiophene rings is 1. The number of halogens is 2. The first-order valence-electron chi connectivity index (χ1n) is 10.2. The van der Waals surface area contributed by atoms with Gasteiger partial charge in [-0.05, 0) is 44.1 Å². The molecule has 2 aromatic heterocycles. The van der Waals surface area contributed by atoms with Gasteiger partial charge in [-0.2, -0.15) is 0 Å². The van der Waals surface area contributed by atoms with Crippen LogP contribution in [0.2, 0.25) is 0 Å². The zero-order valence-electron chi connectivity index (χ0n) is 17.9. The van der Waals surface area contributed by atoms with E-state index in [1.54, 1.807) is 13.2 Å². The van der Waals surface area contributed by atoms with Crippen LogP contribution in [0.4, 0.5) is 8.78 Å². The van der Waals surface area contributed by atoms with Crippen molar-refractivity contribution < 1.29 is 8.78 Å². The molecule has 2 heterocycles. The van der Waals surface area contributed by atoms with Gasteiger partial charge in [0.2, 0.25) is 0 Å². The summed E-state index contributed by atoms with van der Waals surface area (Å²) in [7, 11) is 1.66. The third-order valence-electron chi connectivity index (χ3n) is 4.58. The molecular weight excluding hydrogens is 390 g/mol. The van der Waals surface area contributed by atoms with Crippen LogP contribution in [-0.4, -0.2) is 22.6 Å². The second-order valence-electron chi connectivity index (χ2n) is 6.81. The topological polar surface area (TPSA) is 25.2 Å². The van der Waals surface area contributed by atoms with Crippen molar-refractivity contribution in [1.29, 1.82) is 0 Å². The number of aryl methyl sites for hydroxylation is 1. The number of rotatable bonds is 7. The number of aromatic nitrogens is 1. The summed E-state index contributed by atoms with van der Waals surface area (Å²) in [5.74, 6) is -1.23. The van der Waals surface area contributed by atoms with Crippen LogP contribution < -0.4 is 5.56 Å². The summed E-state index contributed by atoms with van der Waals surface area (Å²) in [6.07, 6.45) is 3.77. The van der Waals surface area contributed by atoms with Gasteiger partial charge >= 0.3 is 0 Å². The lowest BCUT2D eigenvalue weighted by molar-refractivity contribution is 0.269. The number of pyridine rings is 1. The van der Waals surface area contributed by atoms with E-state index in [0.29, 0.717) is 16.5 Å². The highest BCUT2D eigenvalue weighted by Crippen LogP contribution is 2.35. The SMILES string of the molecule is CC.CCCN(CCC)Cc1cc2c(=O)n(C)cc(-c3ccc(F)cc3F)c2s1. The third-order valence-corrected chi connectivity index (χ3v) is 5.73. The lowest BCUT2D eigenvalue weighted by atomic mass is 10.1. The highest BCUT2D eigenvalue weighted by atomic mass is 32.1. The fourth-order valence-electron chi connectivity index (χ4n) is 3.40. The van der Waals surface area contributed by atoms with Gasteiger partial charge in [0.25, 0.3) is 5.56 Å². The highest BCUT2D eigenvalue weighted by molar-refractivity contribution is 7.19. The summed E-state index contributed by atoms with van der Waals surface area (Å²) < 4.78 is 29.9. The molecule has 0 saturated carbocycles. The van der Waals surface area contributed by atoms with E-state index in [2.05, 4.69) is 18.7 Å². The first kappa shape index (κ1) is 23.2. The molecule has 0 fully saturated rings. The molecule has 0 N–H and O–H groups in total. The fourth-order valence-corrected chi connectivity index (χ4v) is 4.62. The molecule has 29 heavy (non-hydrogen) atoms. The van der Waals surface area contributed by atoms with Gasteiger partial charge in [0, 0.05) is 46.6 Å². The molecule has 0 aliphatic carbocycles. The van der Waals surface area contributed by atoms with E-state index in [0.717, 1.165) is 48.1 Å². The van der Waals surface area contributed by atoms with Gasteiger partial charge in [-0.15, -0.1) is 11.3 Å². The first-order chi connectivity index (χ1) is 13.9. The van der Waals surface area contributed by atoms with Crippen molar-refractivity contribution in [1.82, 2.24) is 9.47 Å². The molecule has 0 radical (unpaired) electrons. The highest BCUT2D eigenvalue weighted by Gasteiger charge is 2.17. The molecule has 0 unspecified atom stereocenters. The molecule has 0 atom stereocenters. The van der Waals surface area contributed by atoms with Gasteiger partial charge in [0.1, 0.15) is 11.6 Å². The Labute approximate surface area is 175 Å².